The van der Waals surface area contributed by atoms with Gasteiger partial charge >= 0.3 is 0 Å². The Morgan fingerprint density at radius 3 is 2.11 bits per heavy atom. The van der Waals surface area contributed by atoms with Gasteiger partial charge in [0.05, 0.1) is 21.7 Å². The van der Waals surface area contributed by atoms with Crippen LogP contribution in [0.15, 0.2) is 66.7 Å². The number of anilines is 1. The molecule has 7 nitrogen and oxygen atoms in total. The summed E-state index contributed by atoms with van der Waals surface area (Å²) < 4.78 is 30.5. The van der Waals surface area contributed by atoms with Gasteiger partial charge in [-0.2, -0.15) is 8.42 Å². The van der Waals surface area contributed by atoms with Crippen molar-refractivity contribution in [2.24, 2.45) is 0 Å². The van der Waals surface area contributed by atoms with Crippen molar-refractivity contribution in [2.75, 3.05) is 17.6 Å². The minimum Gasteiger partial charge on any atom is -0.351 e. The molecule has 0 bridgehead atoms. The third-order valence-corrected chi connectivity index (χ3v) is 7.44. The fraction of sp³-hybridized carbons (Fsp3) is 0.286. The highest BCUT2D eigenvalue weighted by Gasteiger charge is 2.23. The summed E-state index contributed by atoms with van der Waals surface area (Å²) in [5.41, 5.74) is 3.63. The molecule has 0 saturated heterocycles. The predicted octanol–water partition coefficient (Wildman–Crippen LogP) is 5.87. The maximum absolute atomic E-state index is 13.4. The molecular formula is C28H30Cl2N2O5S. The highest BCUT2D eigenvalue weighted by Crippen LogP contribution is 2.29. The predicted molar refractivity (Wildman–Crippen MR) is 152 cm³/mol. The summed E-state index contributed by atoms with van der Waals surface area (Å²) in [5, 5.41) is 6.10. The van der Waals surface area contributed by atoms with Crippen molar-refractivity contribution in [3.63, 3.8) is 0 Å². The molecule has 3 N–H and O–H groups in total. The monoisotopic (exact) mass is 576 g/mol. The second-order valence-corrected chi connectivity index (χ2v) is 12.4. The SMILES string of the molecule is CC(C)(C)c1ccc(C(Cc2ccc(C(=O)NCCS(=O)(=O)O)cc2)C(=O)Nc2ccc(Cl)c(Cl)c2)cc1. The Morgan fingerprint density at radius 1 is 0.921 bits per heavy atom. The Bertz CT molecular complexity index is 1400. The van der Waals surface area contributed by atoms with Gasteiger partial charge in [-0.1, -0.05) is 80.4 Å². The number of hydrogen-bond donors (Lipinski definition) is 3. The summed E-state index contributed by atoms with van der Waals surface area (Å²) in [5.74, 6) is -1.79. The molecule has 3 aromatic rings. The zero-order valence-electron chi connectivity index (χ0n) is 21.3. The molecule has 0 fully saturated rings. The molecule has 38 heavy (non-hydrogen) atoms. The van der Waals surface area contributed by atoms with Crippen LogP contribution in [0.4, 0.5) is 5.69 Å². The van der Waals surface area contributed by atoms with Crippen LogP contribution in [0.3, 0.4) is 0 Å². The Morgan fingerprint density at radius 2 is 1.55 bits per heavy atom. The van der Waals surface area contributed by atoms with Gasteiger partial charge in [-0.15, -0.1) is 0 Å². The number of halogens is 2. The van der Waals surface area contributed by atoms with Crippen LogP contribution in [0.25, 0.3) is 0 Å². The Labute approximate surface area is 233 Å². The van der Waals surface area contributed by atoms with Crippen LogP contribution in [0.5, 0.6) is 0 Å². The second-order valence-electron chi connectivity index (χ2n) is 9.99. The summed E-state index contributed by atoms with van der Waals surface area (Å²) in [4.78, 5) is 25.7. The molecule has 2 amide bonds. The number of carbonyl (C=O) groups excluding carboxylic acids is 2. The molecule has 0 aliphatic carbocycles. The van der Waals surface area contributed by atoms with E-state index >= 15 is 0 Å². The van der Waals surface area contributed by atoms with Crippen molar-refractivity contribution < 1.29 is 22.6 Å². The normalized spacial score (nSPS) is 12.6. The molecule has 0 saturated carbocycles. The fourth-order valence-corrected chi connectivity index (χ4v) is 4.46. The lowest BCUT2D eigenvalue weighted by Crippen LogP contribution is -2.28. The average molecular weight is 578 g/mol. The highest BCUT2D eigenvalue weighted by atomic mass is 35.5. The molecule has 10 heteroatoms. The standard InChI is InChI=1S/C28H30Cl2N2O5S/c1-28(2,3)21-10-8-19(9-11-21)23(27(34)32-22-12-13-24(29)25(30)17-22)16-18-4-6-20(7-5-18)26(33)31-14-15-38(35,36)37/h4-13,17,23H,14-16H2,1-3H3,(H,31,33)(H,32,34)(H,35,36,37). The van der Waals surface area contributed by atoms with Gasteiger partial charge in [0, 0.05) is 17.8 Å². The largest absolute Gasteiger partial charge is 0.351 e. The van der Waals surface area contributed by atoms with Crippen LogP contribution in [-0.4, -0.2) is 37.1 Å². The van der Waals surface area contributed by atoms with E-state index in [1.165, 1.54) is 0 Å². The van der Waals surface area contributed by atoms with Crippen LogP contribution in [0.2, 0.25) is 10.0 Å². The molecule has 3 rings (SSSR count). The van der Waals surface area contributed by atoms with E-state index < -0.39 is 27.7 Å². The summed E-state index contributed by atoms with van der Waals surface area (Å²) in [6.45, 7) is 6.16. The van der Waals surface area contributed by atoms with E-state index in [1.54, 1.807) is 42.5 Å². The summed E-state index contributed by atoms with van der Waals surface area (Å²) in [7, 11) is -4.16. The van der Waals surface area contributed by atoms with Crippen molar-refractivity contribution >= 4 is 50.8 Å². The molecule has 1 unspecified atom stereocenters. The quantitative estimate of drug-likeness (QED) is 0.275. The van der Waals surface area contributed by atoms with Gasteiger partial charge in [-0.05, 0) is 58.9 Å². The molecule has 0 radical (unpaired) electrons. The van der Waals surface area contributed by atoms with Crippen molar-refractivity contribution in [2.45, 2.75) is 38.5 Å². The Balaban J connectivity index is 1.81. The topological polar surface area (TPSA) is 113 Å². The fourth-order valence-electron chi connectivity index (χ4n) is 3.80. The van der Waals surface area contributed by atoms with Gasteiger partial charge in [-0.25, -0.2) is 0 Å². The first-order valence-corrected chi connectivity index (χ1v) is 14.3. The lowest BCUT2D eigenvalue weighted by atomic mass is 9.84. The van der Waals surface area contributed by atoms with Crippen molar-refractivity contribution in [3.05, 3.63) is 99.0 Å². The zero-order chi connectivity index (χ0) is 28.1. The van der Waals surface area contributed by atoms with E-state index in [9.17, 15) is 18.0 Å². The maximum Gasteiger partial charge on any atom is 0.266 e. The van der Waals surface area contributed by atoms with Gasteiger partial charge in [0.15, 0.2) is 0 Å². The third kappa shape index (κ3) is 8.56. The molecule has 0 aromatic heterocycles. The number of amides is 2. The molecular weight excluding hydrogens is 547 g/mol. The van der Waals surface area contributed by atoms with Crippen molar-refractivity contribution in [1.29, 1.82) is 0 Å². The minimum absolute atomic E-state index is 0.0336. The molecule has 0 aliphatic heterocycles. The number of carbonyl (C=O) groups is 2. The van der Waals surface area contributed by atoms with E-state index in [1.807, 2.05) is 24.3 Å². The number of nitrogens with one attached hydrogen (secondary N) is 2. The summed E-state index contributed by atoms with van der Waals surface area (Å²) in [6, 6.07) is 19.6. The van der Waals surface area contributed by atoms with Crippen LogP contribution in [0, 0.1) is 0 Å². The van der Waals surface area contributed by atoms with Crippen LogP contribution < -0.4 is 10.6 Å². The molecule has 0 aliphatic rings. The Hall–Kier alpha value is -2.91. The van der Waals surface area contributed by atoms with Gasteiger partial charge < -0.3 is 10.6 Å². The first-order chi connectivity index (χ1) is 17.7. The first kappa shape index (κ1) is 29.6. The third-order valence-electron chi connectivity index (χ3n) is 5.98. The smallest absolute Gasteiger partial charge is 0.266 e. The van der Waals surface area contributed by atoms with E-state index in [0.717, 1.165) is 16.7 Å². The van der Waals surface area contributed by atoms with Gasteiger partial charge in [0.2, 0.25) is 5.91 Å². The minimum atomic E-state index is -4.16. The lowest BCUT2D eigenvalue weighted by molar-refractivity contribution is -0.117. The van der Waals surface area contributed by atoms with E-state index in [4.69, 9.17) is 27.8 Å². The summed E-state index contributed by atoms with van der Waals surface area (Å²) >= 11 is 12.1. The average Bonchev–Trinajstić information content (AvgIpc) is 2.84. The van der Waals surface area contributed by atoms with Crippen LogP contribution in [0.1, 0.15) is 53.7 Å². The molecule has 1 atom stereocenters. The van der Waals surface area contributed by atoms with Crippen LogP contribution in [-0.2, 0) is 26.7 Å². The molecule has 0 spiro atoms. The van der Waals surface area contributed by atoms with E-state index in [-0.39, 0.29) is 17.9 Å². The molecule has 0 heterocycles. The number of rotatable bonds is 9. The van der Waals surface area contributed by atoms with Gasteiger partial charge in [0.1, 0.15) is 0 Å². The Kier molecular flexibility index (Phi) is 9.59. The maximum atomic E-state index is 13.4. The van der Waals surface area contributed by atoms with Gasteiger partial charge in [0.25, 0.3) is 16.0 Å². The van der Waals surface area contributed by atoms with Crippen molar-refractivity contribution in [1.82, 2.24) is 5.32 Å². The number of benzene rings is 3. The number of hydrogen-bond acceptors (Lipinski definition) is 4. The highest BCUT2D eigenvalue weighted by molar-refractivity contribution is 7.85. The second kappa shape index (κ2) is 12.3. The van der Waals surface area contributed by atoms with Crippen LogP contribution >= 0.6 is 23.2 Å². The van der Waals surface area contributed by atoms with E-state index in [2.05, 4.69) is 31.4 Å². The van der Waals surface area contributed by atoms with E-state index in [0.29, 0.717) is 27.7 Å². The molecule has 3 aromatic carbocycles. The zero-order valence-corrected chi connectivity index (χ0v) is 23.6. The van der Waals surface area contributed by atoms with Gasteiger partial charge in [-0.3, -0.25) is 14.1 Å². The van der Waals surface area contributed by atoms with Crippen molar-refractivity contribution in [3.8, 4) is 0 Å². The first-order valence-electron chi connectivity index (χ1n) is 11.9. The lowest BCUT2D eigenvalue weighted by Gasteiger charge is -2.22. The summed E-state index contributed by atoms with van der Waals surface area (Å²) in [6.07, 6.45) is 0.368. The molecule has 202 valence electrons.